The fourth-order valence-electron chi connectivity index (χ4n) is 3.05. The van der Waals surface area contributed by atoms with Gasteiger partial charge in [-0.05, 0) is 29.5 Å². The van der Waals surface area contributed by atoms with Gasteiger partial charge in [-0.3, -0.25) is 4.79 Å². The first kappa shape index (κ1) is 14.9. The van der Waals surface area contributed by atoms with E-state index in [2.05, 4.69) is 15.5 Å². The molecule has 2 aliphatic rings. The maximum atomic E-state index is 13.0. The third kappa shape index (κ3) is 2.37. The Bertz CT molecular complexity index is 781. The van der Waals surface area contributed by atoms with Crippen LogP contribution in [0.5, 0.6) is 0 Å². The van der Waals surface area contributed by atoms with Gasteiger partial charge in [0.25, 0.3) is 5.91 Å². The van der Waals surface area contributed by atoms with Gasteiger partial charge in [0, 0.05) is 19.3 Å². The van der Waals surface area contributed by atoms with Crippen LogP contribution in [0.2, 0.25) is 0 Å². The molecule has 1 fully saturated rings. The lowest BCUT2D eigenvalue weighted by molar-refractivity contribution is -0.135. The summed E-state index contributed by atoms with van der Waals surface area (Å²) in [5.74, 6) is 1.36. The fourth-order valence-corrected chi connectivity index (χ4v) is 3.05. The van der Waals surface area contributed by atoms with Crippen LogP contribution in [-0.4, -0.2) is 57.8 Å². The van der Waals surface area contributed by atoms with Crippen LogP contribution in [0, 0.1) is 0 Å². The molecule has 24 heavy (non-hydrogen) atoms. The summed E-state index contributed by atoms with van der Waals surface area (Å²) < 4.78 is 12.8. The van der Waals surface area contributed by atoms with Gasteiger partial charge in [-0.2, -0.15) is 0 Å². The summed E-state index contributed by atoms with van der Waals surface area (Å²) in [6.45, 7) is 3.79. The summed E-state index contributed by atoms with van der Waals surface area (Å²) in [5.41, 5.74) is 1.56. The molecule has 1 saturated heterocycles. The zero-order chi connectivity index (χ0) is 16.7. The number of furan rings is 1. The van der Waals surface area contributed by atoms with Crippen molar-refractivity contribution in [1.82, 2.24) is 25.1 Å². The molecule has 4 rings (SSSR count). The predicted octanol–water partition coefficient (Wildman–Crippen LogP) is 0.590. The number of ether oxygens (including phenoxy) is 1. The van der Waals surface area contributed by atoms with E-state index in [0.29, 0.717) is 37.8 Å². The second kappa shape index (κ2) is 5.75. The van der Waals surface area contributed by atoms with E-state index in [4.69, 9.17) is 9.15 Å². The minimum Gasteiger partial charge on any atom is -0.467 e. The van der Waals surface area contributed by atoms with Crippen LogP contribution in [0.1, 0.15) is 18.8 Å². The first-order chi connectivity index (χ1) is 11.6. The van der Waals surface area contributed by atoms with E-state index in [-0.39, 0.29) is 12.0 Å². The van der Waals surface area contributed by atoms with Crippen LogP contribution < -0.4 is 4.90 Å². The van der Waals surface area contributed by atoms with Gasteiger partial charge in [0.1, 0.15) is 11.9 Å². The topological polar surface area (TPSA) is 89.5 Å². The molecule has 0 radical (unpaired) electrons. The van der Waals surface area contributed by atoms with Crippen molar-refractivity contribution in [2.24, 2.45) is 0 Å². The third-order valence-corrected chi connectivity index (χ3v) is 4.53. The molecule has 126 valence electrons. The number of nitrogens with zero attached hydrogens (tertiary/aromatic N) is 6. The number of tetrazole rings is 1. The first-order valence-electron chi connectivity index (χ1n) is 7.79. The van der Waals surface area contributed by atoms with E-state index >= 15 is 0 Å². The van der Waals surface area contributed by atoms with Gasteiger partial charge in [-0.1, -0.05) is 5.10 Å². The summed E-state index contributed by atoms with van der Waals surface area (Å²) in [7, 11) is 1.86. The monoisotopic (exact) mass is 330 g/mol. The van der Waals surface area contributed by atoms with Gasteiger partial charge < -0.3 is 19.0 Å². The van der Waals surface area contributed by atoms with Crippen molar-refractivity contribution in [1.29, 1.82) is 0 Å². The fraction of sp³-hybridized carbons (Fsp3) is 0.467. The maximum Gasteiger partial charge on any atom is 0.253 e. The van der Waals surface area contributed by atoms with Crippen LogP contribution in [0.3, 0.4) is 0 Å². The Kier molecular flexibility index (Phi) is 3.57. The standard InChI is InChI=1S/C15H18N6O3/c1-10-11(8-21-15(19(10)2)16-17-18-21)14(22)20-5-7-24-13(9-20)12-4-3-6-23-12/h3-4,6,13H,5,7-9H2,1-2H3. The normalized spacial score (nSPS) is 21.2. The van der Waals surface area contributed by atoms with Crippen molar-refractivity contribution in [3.8, 4) is 0 Å². The lowest BCUT2D eigenvalue weighted by Gasteiger charge is -2.34. The second-order valence-electron chi connectivity index (χ2n) is 5.89. The Morgan fingerprint density at radius 3 is 3.08 bits per heavy atom. The number of fused-ring (bicyclic) bond motifs is 1. The third-order valence-electron chi connectivity index (χ3n) is 4.53. The highest BCUT2D eigenvalue weighted by Gasteiger charge is 2.33. The van der Waals surface area contributed by atoms with Crippen LogP contribution in [0.25, 0.3) is 0 Å². The summed E-state index contributed by atoms with van der Waals surface area (Å²) >= 11 is 0. The molecule has 0 spiro atoms. The molecule has 9 nitrogen and oxygen atoms in total. The number of hydrogen-bond acceptors (Lipinski definition) is 7. The smallest absolute Gasteiger partial charge is 0.253 e. The molecule has 0 bridgehead atoms. The van der Waals surface area contributed by atoms with Gasteiger partial charge in [-0.25, -0.2) is 4.68 Å². The second-order valence-corrected chi connectivity index (χ2v) is 5.89. The van der Waals surface area contributed by atoms with Gasteiger partial charge >= 0.3 is 0 Å². The van der Waals surface area contributed by atoms with Crippen molar-refractivity contribution in [2.75, 3.05) is 31.6 Å². The Morgan fingerprint density at radius 1 is 1.42 bits per heavy atom. The molecule has 0 aliphatic carbocycles. The molecule has 2 aliphatic heterocycles. The number of hydrogen-bond donors (Lipinski definition) is 0. The van der Waals surface area contributed by atoms with Gasteiger partial charge in [0.05, 0.1) is 31.5 Å². The van der Waals surface area contributed by atoms with E-state index < -0.39 is 0 Å². The predicted molar refractivity (Wildman–Crippen MR) is 82.9 cm³/mol. The molecule has 0 aromatic carbocycles. The number of amides is 1. The molecule has 1 atom stereocenters. The van der Waals surface area contributed by atoms with Gasteiger partial charge in [0.15, 0.2) is 0 Å². The quantitative estimate of drug-likeness (QED) is 0.796. The summed E-state index contributed by atoms with van der Waals surface area (Å²) in [6.07, 6.45) is 1.38. The minimum atomic E-state index is -0.233. The average molecular weight is 330 g/mol. The van der Waals surface area contributed by atoms with E-state index in [1.807, 2.05) is 31.0 Å². The molecule has 0 saturated carbocycles. The van der Waals surface area contributed by atoms with Crippen molar-refractivity contribution in [3.05, 3.63) is 35.4 Å². The summed E-state index contributed by atoms with van der Waals surface area (Å²) in [4.78, 5) is 16.7. The molecular weight excluding hydrogens is 312 g/mol. The highest BCUT2D eigenvalue weighted by molar-refractivity contribution is 5.95. The summed E-state index contributed by atoms with van der Waals surface area (Å²) in [6, 6.07) is 3.69. The zero-order valence-electron chi connectivity index (χ0n) is 13.5. The van der Waals surface area contributed by atoms with Crippen molar-refractivity contribution in [2.45, 2.75) is 19.6 Å². The van der Waals surface area contributed by atoms with E-state index in [1.54, 1.807) is 15.8 Å². The molecule has 2 aromatic rings. The number of carbonyl (C=O) groups excluding carboxylic acids is 1. The van der Waals surface area contributed by atoms with E-state index in [1.165, 1.54) is 0 Å². The van der Waals surface area contributed by atoms with E-state index in [0.717, 1.165) is 11.5 Å². The van der Waals surface area contributed by atoms with E-state index in [9.17, 15) is 4.79 Å². The number of anilines is 1. The van der Waals surface area contributed by atoms with Crippen LogP contribution in [0.15, 0.2) is 34.1 Å². The maximum absolute atomic E-state index is 13.0. The van der Waals surface area contributed by atoms with Crippen molar-refractivity contribution in [3.63, 3.8) is 0 Å². The van der Waals surface area contributed by atoms with Crippen LogP contribution in [-0.2, 0) is 16.1 Å². The molecular formula is C15H18N6O3. The first-order valence-corrected chi connectivity index (χ1v) is 7.79. The zero-order valence-corrected chi connectivity index (χ0v) is 13.5. The summed E-state index contributed by atoms with van der Waals surface area (Å²) in [5, 5.41) is 11.6. The van der Waals surface area contributed by atoms with Crippen molar-refractivity contribution >= 4 is 11.9 Å². The molecule has 2 aromatic heterocycles. The largest absolute Gasteiger partial charge is 0.467 e. The Hall–Kier alpha value is -2.68. The number of carbonyl (C=O) groups is 1. The lowest BCUT2D eigenvalue weighted by atomic mass is 10.1. The van der Waals surface area contributed by atoms with Crippen molar-refractivity contribution < 1.29 is 13.9 Å². The Morgan fingerprint density at radius 2 is 2.29 bits per heavy atom. The molecule has 4 heterocycles. The Labute approximate surface area is 138 Å². The SMILES string of the molecule is CC1=C(C(=O)N2CCOC(c3ccco3)C2)Cn2nnnc2N1C. The Balaban J connectivity index is 1.56. The highest BCUT2D eigenvalue weighted by atomic mass is 16.5. The average Bonchev–Trinajstić information content (AvgIpc) is 3.29. The van der Waals surface area contributed by atoms with Crippen LogP contribution in [0.4, 0.5) is 5.95 Å². The van der Waals surface area contributed by atoms with Crippen LogP contribution >= 0.6 is 0 Å². The highest BCUT2D eigenvalue weighted by Crippen LogP contribution is 2.27. The molecule has 1 amide bonds. The minimum absolute atomic E-state index is 0.0136. The van der Waals surface area contributed by atoms with Gasteiger partial charge in [0.2, 0.25) is 5.95 Å². The number of morpholine rings is 1. The lowest BCUT2D eigenvalue weighted by Crippen LogP contribution is -2.45. The van der Waals surface area contributed by atoms with Gasteiger partial charge in [-0.15, -0.1) is 0 Å². The molecule has 9 heteroatoms. The molecule has 0 N–H and O–H groups in total. The number of aromatic nitrogens is 4. The molecule has 1 unspecified atom stereocenters. The number of allylic oxidation sites excluding steroid dienone is 1. The number of rotatable bonds is 2.